The zero-order valence-corrected chi connectivity index (χ0v) is 13.1. The van der Waals surface area contributed by atoms with Crippen LogP contribution in [0, 0.1) is 0 Å². The second-order valence-electron chi connectivity index (χ2n) is 6.35. The summed E-state index contributed by atoms with van der Waals surface area (Å²) in [5.74, 6) is 0.0550. The number of rotatable bonds is 2. The first-order chi connectivity index (χ1) is 10.1. The van der Waals surface area contributed by atoms with Crippen molar-refractivity contribution in [1.29, 1.82) is 0 Å². The van der Waals surface area contributed by atoms with Gasteiger partial charge in [0.15, 0.2) is 0 Å². The number of hydrogen-bond acceptors (Lipinski definition) is 4. The third-order valence-corrected chi connectivity index (χ3v) is 6.11. The fourth-order valence-electron chi connectivity index (χ4n) is 3.84. The first-order valence-electron chi connectivity index (χ1n) is 7.66. The van der Waals surface area contributed by atoms with Crippen LogP contribution in [0.3, 0.4) is 0 Å². The minimum Gasteiger partial charge on any atom is -0.480 e. The lowest BCUT2D eigenvalue weighted by molar-refractivity contribution is -0.140. The number of urea groups is 1. The van der Waals surface area contributed by atoms with Crippen LogP contribution in [0.2, 0.25) is 0 Å². The summed E-state index contributed by atoms with van der Waals surface area (Å²) in [7, 11) is 2.18. The molecule has 3 aliphatic rings. The van der Waals surface area contributed by atoms with E-state index in [4.69, 9.17) is 5.11 Å². The fraction of sp³-hybridized carbons (Fsp3) is 0.857. The lowest BCUT2D eigenvalue weighted by Crippen LogP contribution is -2.57. The molecule has 3 saturated heterocycles. The molecule has 0 saturated carbocycles. The molecule has 2 amide bonds. The number of carboxylic acids is 1. The molecule has 6 nitrogen and oxygen atoms in total. The molecule has 118 valence electrons. The molecule has 0 aromatic rings. The van der Waals surface area contributed by atoms with E-state index in [2.05, 4.69) is 17.3 Å². The molecule has 7 heteroatoms. The van der Waals surface area contributed by atoms with Crippen molar-refractivity contribution < 1.29 is 14.7 Å². The minimum absolute atomic E-state index is 0.184. The Bertz CT molecular complexity index is 420. The Labute approximate surface area is 129 Å². The summed E-state index contributed by atoms with van der Waals surface area (Å²) < 4.78 is 0. The van der Waals surface area contributed by atoms with Gasteiger partial charge in [-0.2, -0.15) is 0 Å². The Balaban J connectivity index is 1.59. The molecule has 2 N–H and O–H groups in total. The van der Waals surface area contributed by atoms with E-state index < -0.39 is 12.0 Å². The van der Waals surface area contributed by atoms with E-state index in [0.29, 0.717) is 23.7 Å². The van der Waals surface area contributed by atoms with Gasteiger partial charge in [0.05, 0.1) is 5.88 Å². The molecule has 2 bridgehead atoms. The SMILES string of the molecule is CN1C2CCCC1CC(NC(=O)N1CSC[C@H]1C(=O)O)C2. The molecular weight excluding hydrogens is 290 g/mol. The molecule has 0 spiro atoms. The highest BCUT2D eigenvalue weighted by Gasteiger charge is 2.39. The number of fused-ring (bicyclic) bond motifs is 2. The number of amides is 2. The van der Waals surface area contributed by atoms with Gasteiger partial charge in [-0.05, 0) is 32.7 Å². The molecule has 3 fully saturated rings. The standard InChI is InChI=1S/C14H23N3O3S/c1-16-10-3-2-4-11(16)6-9(5-10)15-14(20)17-8-21-7-12(17)13(18)19/h9-12H,2-8H2,1H3,(H,15,20)(H,18,19)/t9?,10?,11?,12-/m0/s1. The topological polar surface area (TPSA) is 72.9 Å². The quantitative estimate of drug-likeness (QED) is 0.801. The Morgan fingerprint density at radius 2 is 1.90 bits per heavy atom. The zero-order chi connectivity index (χ0) is 15.0. The maximum atomic E-state index is 12.4. The number of carbonyl (C=O) groups is 2. The van der Waals surface area contributed by atoms with Crippen molar-refractivity contribution in [3.8, 4) is 0 Å². The van der Waals surface area contributed by atoms with E-state index in [0.717, 1.165) is 12.8 Å². The van der Waals surface area contributed by atoms with Crippen molar-refractivity contribution >= 4 is 23.8 Å². The number of thioether (sulfide) groups is 1. The predicted molar refractivity (Wildman–Crippen MR) is 81.3 cm³/mol. The van der Waals surface area contributed by atoms with Gasteiger partial charge in [0.1, 0.15) is 6.04 Å². The first kappa shape index (κ1) is 15.0. The van der Waals surface area contributed by atoms with Crippen LogP contribution >= 0.6 is 11.8 Å². The van der Waals surface area contributed by atoms with Gasteiger partial charge < -0.3 is 20.2 Å². The third-order valence-electron chi connectivity index (χ3n) is 5.10. The van der Waals surface area contributed by atoms with Crippen LogP contribution in [-0.2, 0) is 4.79 Å². The number of nitrogens with one attached hydrogen (secondary N) is 1. The average molecular weight is 313 g/mol. The molecule has 3 rings (SSSR count). The summed E-state index contributed by atoms with van der Waals surface area (Å²) >= 11 is 1.50. The lowest BCUT2D eigenvalue weighted by atomic mass is 9.82. The highest BCUT2D eigenvalue weighted by atomic mass is 32.2. The van der Waals surface area contributed by atoms with Gasteiger partial charge in [0.2, 0.25) is 0 Å². The number of nitrogens with zero attached hydrogens (tertiary/aromatic N) is 2. The van der Waals surface area contributed by atoms with Crippen LogP contribution < -0.4 is 5.32 Å². The van der Waals surface area contributed by atoms with Crippen molar-refractivity contribution in [2.45, 2.75) is 56.3 Å². The Hall–Kier alpha value is -0.950. The zero-order valence-electron chi connectivity index (χ0n) is 12.3. The molecular formula is C14H23N3O3S. The van der Waals surface area contributed by atoms with Gasteiger partial charge in [-0.25, -0.2) is 9.59 Å². The maximum Gasteiger partial charge on any atom is 0.327 e. The molecule has 0 aliphatic carbocycles. The second kappa shape index (κ2) is 6.04. The van der Waals surface area contributed by atoms with E-state index in [1.54, 1.807) is 0 Å². The molecule has 0 radical (unpaired) electrons. The first-order valence-corrected chi connectivity index (χ1v) is 8.81. The normalized spacial score (nSPS) is 36.5. The molecule has 3 heterocycles. The van der Waals surface area contributed by atoms with Crippen LogP contribution in [0.4, 0.5) is 4.79 Å². The maximum absolute atomic E-state index is 12.4. The van der Waals surface area contributed by atoms with Gasteiger partial charge in [0, 0.05) is 23.9 Å². The Morgan fingerprint density at radius 1 is 1.24 bits per heavy atom. The third kappa shape index (κ3) is 2.99. The van der Waals surface area contributed by atoms with Gasteiger partial charge in [-0.3, -0.25) is 0 Å². The number of piperidine rings is 2. The van der Waals surface area contributed by atoms with Crippen LogP contribution in [0.1, 0.15) is 32.1 Å². The number of hydrogen-bond donors (Lipinski definition) is 2. The summed E-state index contributed by atoms with van der Waals surface area (Å²) in [4.78, 5) is 27.4. The van der Waals surface area contributed by atoms with Crippen molar-refractivity contribution in [1.82, 2.24) is 15.1 Å². The van der Waals surface area contributed by atoms with E-state index >= 15 is 0 Å². The Kier molecular flexibility index (Phi) is 4.31. The second-order valence-corrected chi connectivity index (χ2v) is 7.35. The molecule has 0 aromatic carbocycles. The molecule has 3 atom stereocenters. The van der Waals surface area contributed by atoms with Gasteiger partial charge in [0.25, 0.3) is 0 Å². The van der Waals surface area contributed by atoms with Crippen molar-refractivity contribution in [3.63, 3.8) is 0 Å². The number of aliphatic carboxylic acids is 1. The molecule has 21 heavy (non-hydrogen) atoms. The van der Waals surface area contributed by atoms with Crippen molar-refractivity contribution in [3.05, 3.63) is 0 Å². The van der Waals surface area contributed by atoms with E-state index in [1.807, 2.05) is 0 Å². The van der Waals surface area contributed by atoms with Crippen LogP contribution in [0.25, 0.3) is 0 Å². The fourth-order valence-corrected chi connectivity index (χ4v) is 4.98. The van der Waals surface area contributed by atoms with Gasteiger partial charge in [-0.15, -0.1) is 11.8 Å². The van der Waals surface area contributed by atoms with E-state index in [1.165, 1.54) is 35.9 Å². The molecule has 0 aromatic heterocycles. The monoisotopic (exact) mass is 313 g/mol. The molecule has 2 unspecified atom stereocenters. The average Bonchev–Trinajstić information content (AvgIpc) is 2.89. The smallest absolute Gasteiger partial charge is 0.327 e. The highest BCUT2D eigenvalue weighted by molar-refractivity contribution is 7.99. The number of carbonyl (C=O) groups excluding carboxylic acids is 1. The lowest BCUT2D eigenvalue weighted by Gasteiger charge is -2.47. The predicted octanol–water partition coefficient (Wildman–Crippen LogP) is 1.17. The highest BCUT2D eigenvalue weighted by Crippen LogP contribution is 2.33. The van der Waals surface area contributed by atoms with Crippen LogP contribution in [0.15, 0.2) is 0 Å². The minimum atomic E-state index is -0.907. The van der Waals surface area contributed by atoms with E-state index in [9.17, 15) is 9.59 Å². The summed E-state index contributed by atoms with van der Waals surface area (Å²) in [6, 6.07) is 0.418. The molecule has 3 aliphatic heterocycles. The van der Waals surface area contributed by atoms with Crippen LogP contribution in [-0.4, -0.2) is 69.8 Å². The summed E-state index contributed by atoms with van der Waals surface area (Å²) in [5, 5.41) is 12.2. The van der Waals surface area contributed by atoms with Crippen LogP contribution in [0.5, 0.6) is 0 Å². The summed E-state index contributed by atoms with van der Waals surface area (Å²) in [6.45, 7) is 0. The summed E-state index contributed by atoms with van der Waals surface area (Å²) in [5.41, 5.74) is 0. The summed E-state index contributed by atoms with van der Waals surface area (Å²) in [6.07, 6.45) is 5.66. The van der Waals surface area contributed by atoms with Crippen molar-refractivity contribution in [2.75, 3.05) is 18.7 Å². The van der Waals surface area contributed by atoms with Crippen molar-refractivity contribution in [2.24, 2.45) is 0 Å². The van der Waals surface area contributed by atoms with E-state index in [-0.39, 0.29) is 12.1 Å². The Morgan fingerprint density at radius 3 is 2.52 bits per heavy atom. The largest absolute Gasteiger partial charge is 0.480 e. The van der Waals surface area contributed by atoms with Gasteiger partial charge >= 0.3 is 12.0 Å². The number of carboxylic acid groups (broad SMARTS) is 1. The van der Waals surface area contributed by atoms with Gasteiger partial charge in [-0.1, -0.05) is 6.42 Å².